The number of amides is 1. The van der Waals surface area contributed by atoms with Crippen LogP contribution in [0.4, 0.5) is 0 Å². The second kappa shape index (κ2) is 8.88. The van der Waals surface area contributed by atoms with Crippen LogP contribution in [0.2, 0.25) is 5.02 Å². The van der Waals surface area contributed by atoms with Crippen molar-refractivity contribution in [2.24, 2.45) is 0 Å². The molecule has 1 N–H and O–H groups in total. The van der Waals surface area contributed by atoms with Crippen molar-refractivity contribution in [2.45, 2.75) is 25.9 Å². The van der Waals surface area contributed by atoms with Crippen molar-refractivity contribution in [2.75, 3.05) is 19.7 Å². The smallest absolute Gasteiger partial charge is 0.258 e. The summed E-state index contributed by atoms with van der Waals surface area (Å²) in [6.07, 6.45) is 2.56. The van der Waals surface area contributed by atoms with Gasteiger partial charge in [0.1, 0.15) is 5.75 Å². The van der Waals surface area contributed by atoms with Crippen LogP contribution in [0.15, 0.2) is 48.5 Å². The fraction of sp³-hybridized carbons (Fsp3) is 0.350. The fourth-order valence-corrected chi connectivity index (χ4v) is 3.20. The van der Waals surface area contributed by atoms with Crippen LogP contribution in [0.25, 0.3) is 0 Å². The molecular formula is C20H23ClN2O2. The van der Waals surface area contributed by atoms with Crippen molar-refractivity contribution >= 4 is 17.5 Å². The van der Waals surface area contributed by atoms with Gasteiger partial charge in [-0.3, -0.25) is 9.69 Å². The minimum atomic E-state index is -0.143. The summed E-state index contributed by atoms with van der Waals surface area (Å²) in [5, 5.41) is 3.53. The van der Waals surface area contributed by atoms with Crippen LogP contribution in [-0.4, -0.2) is 30.5 Å². The number of carbonyl (C=O) groups is 1. The number of benzene rings is 2. The zero-order valence-electron chi connectivity index (χ0n) is 14.2. The number of nitrogens with zero attached hydrogens (tertiary/aromatic N) is 1. The molecule has 2 aromatic rings. The van der Waals surface area contributed by atoms with Gasteiger partial charge in [0.25, 0.3) is 5.91 Å². The number of ether oxygens (including phenoxy) is 1. The summed E-state index contributed by atoms with van der Waals surface area (Å²) in [6, 6.07) is 15.3. The van der Waals surface area contributed by atoms with Gasteiger partial charge < -0.3 is 10.1 Å². The molecule has 0 saturated carbocycles. The van der Waals surface area contributed by atoms with Crippen LogP contribution < -0.4 is 10.1 Å². The van der Waals surface area contributed by atoms with Gasteiger partial charge in [0.05, 0.1) is 0 Å². The van der Waals surface area contributed by atoms with Gasteiger partial charge in [-0.25, -0.2) is 0 Å². The van der Waals surface area contributed by atoms with E-state index in [1.807, 2.05) is 6.07 Å². The summed E-state index contributed by atoms with van der Waals surface area (Å²) in [7, 11) is 0. The van der Waals surface area contributed by atoms with Crippen molar-refractivity contribution in [3.05, 3.63) is 64.7 Å². The highest BCUT2D eigenvalue weighted by molar-refractivity contribution is 6.30. The van der Waals surface area contributed by atoms with E-state index in [-0.39, 0.29) is 12.5 Å². The molecule has 0 spiro atoms. The standard InChI is InChI=1S/C20H23ClN2O2/c21-18-8-5-9-19(12-18)25-15-20(24)22-13-16-6-1-2-7-17(16)14-23-10-3-4-11-23/h1-2,5-9,12H,3-4,10-11,13-15H2,(H,22,24). The number of halogens is 1. The zero-order chi connectivity index (χ0) is 17.5. The van der Waals surface area contributed by atoms with Crippen LogP contribution >= 0.6 is 11.6 Å². The van der Waals surface area contributed by atoms with Gasteiger partial charge in [0.15, 0.2) is 6.61 Å². The lowest BCUT2D eigenvalue weighted by Crippen LogP contribution is -2.29. The van der Waals surface area contributed by atoms with Crippen LogP contribution in [-0.2, 0) is 17.9 Å². The molecule has 1 fully saturated rings. The second-order valence-electron chi connectivity index (χ2n) is 6.27. The van der Waals surface area contributed by atoms with Crippen LogP contribution in [0.5, 0.6) is 5.75 Å². The maximum atomic E-state index is 12.1. The van der Waals surface area contributed by atoms with Gasteiger partial charge in [-0.1, -0.05) is 41.9 Å². The van der Waals surface area contributed by atoms with Crippen molar-refractivity contribution < 1.29 is 9.53 Å². The van der Waals surface area contributed by atoms with E-state index in [4.69, 9.17) is 16.3 Å². The summed E-state index contributed by atoms with van der Waals surface area (Å²) in [5.74, 6) is 0.452. The molecular weight excluding hydrogens is 336 g/mol. The van der Waals surface area contributed by atoms with Crippen LogP contribution in [0.1, 0.15) is 24.0 Å². The van der Waals surface area contributed by atoms with E-state index < -0.39 is 0 Å². The first-order chi connectivity index (χ1) is 12.2. The Bertz CT molecular complexity index is 714. The number of nitrogens with one attached hydrogen (secondary N) is 1. The molecule has 5 heteroatoms. The van der Waals surface area contributed by atoms with E-state index in [0.29, 0.717) is 17.3 Å². The molecule has 25 heavy (non-hydrogen) atoms. The Balaban J connectivity index is 1.50. The third-order valence-corrected chi connectivity index (χ3v) is 4.59. The average molecular weight is 359 g/mol. The molecule has 0 bridgehead atoms. The molecule has 132 valence electrons. The second-order valence-corrected chi connectivity index (χ2v) is 6.71. The molecule has 2 aromatic carbocycles. The minimum Gasteiger partial charge on any atom is -0.484 e. The highest BCUT2D eigenvalue weighted by Gasteiger charge is 2.13. The summed E-state index contributed by atoms with van der Waals surface area (Å²) in [4.78, 5) is 14.5. The predicted molar refractivity (Wildman–Crippen MR) is 99.7 cm³/mol. The molecule has 1 heterocycles. The molecule has 1 aliphatic rings. The molecule has 0 atom stereocenters. The highest BCUT2D eigenvalue weighted by atomic mass is 35.5. The van der Waals surface area contributed by atoms with E-state index >= 15 is 0 Å². The number of hydrogen-bond donors (Lipinski definition) is 1. The molecule has 1 aliphatic heterocycles. The van der Waals surface area contributed by atoms with Crippen molar-refractivity contribution in [3.8, 4) is 5.75 Å². The Morgan fingerprint density at radius 1 is 1.08 bits per heavy atom. The lowest BCUT2D eigenvalue weighted by Gasteiger charge is -2.17. The summed E-state index contributed by atoms with van der Waals surface area (Å²) in [5.41, 5.74) is 2.44. The normalized spacial score (nSPS) is 14.4. The third-order valence-electron chi connectivity index (χ3n) is 4.35. The van der Waals surface area contributed by atoms with E-state index in [1.165, 1.54) is 18.4 Å². The fourth-order valence-electron chi connectivity index (χ4n) is 3.02. The molecule has 3 rings (SSSR count). The molecule has 0 aromatic heterocycles. The molecule has 0 radical (unpaired) electrons. The van der Waals surface area contributed by atoms with E-state index in [2.05, 4.69) is 28.4 Å². The number of hydrogen-bond acceptors (Lipinski definition) is 3. The molecule has 4 nitrogen and oxygen atoms in total. The van der Waals surface area contributed by atoms with Gasteiger partial charge in [0, 0.05) is 18.1 Å². The van der Waals surface area contributed by atoms with Gasteiger partial charge in [0.2, 0.25) is 0 Å². The predicted octanol–water partition coefficient (Wildman–Crippen LogP) is 3.63. The van der Waals surface area contributed by atoms with Crippen molar-refractivity contribution in [1.82, 2.24) is 10.2 Å². The van der Waals surface area contributed by atoms with Gasteiger partial charge in [-0.2, -0.15) is 0 Å². The highest BCUT2D eigenvalue weighted by Crippen LogP contribution is 2.17. The first-order valence-electron chi connectivity index (χ1n) is 8.65. The van der Waals surface area contributed by atoms with E-state index in [1.54, 1.807) is 24.3 Å². The maximum Gasteiger partial charge on any atom is 0.258 e. The summed E-state index contributed by atoms with van der Waals surface area (Å²) < 4.78 is 5.47. The van der Waals surface area contributed by atoms with Crippen LogP contribution in [0.3, 0.4) is 0 Å². The van der Waals surface area contributed by atoms with E-state index in [9.17, 15) is 4.79 Å². The Kier molecular flexibility index (Phi) is 6.31. The molecule has 0 aliphatic carbocycles. The van der Waals surface area contributed by atoms with Crippen molar-refractivity contribution in [3.63, 3.8) is 0 Å². The first-order valence-corrected chi connectivity index (χ1v) is 9.03. The average Bonchev–Trinajstić information content (AvgIpc) is 3.12. The maximum absolute atomic E-state index is 12.1. The lowest BCUT2D eigenvalue weighted by atomic mass is 10.1. The molecule has 1 saturated heterocycles. The minimum absolute atomic E-state index is 0.0192. The Hall–Kier alpha value is -2.04. The third kappa shape index (κ3) is 5.48. The zero-order valence-corrected chi connectivity index (χ0v) is 15.0. The Labute approximate surface area is 153 Å². The number of likely N-dealkylation sites (tertiary alicyclic amines) is 1. The van der Waals surface area contributed by atoms with Crippen molar-refractivity contribution in [1.29, 1.82) is 0 Å². The number of carbonyl (C=O) groups excluding carboxylic acids is 1. The SMILES string of the molecule is O=C(COc1cccc(Cl)c1)NCc1ccccc1CN1CCCC1. The lowest BCUT2D eigenvalue weighted by molar-refractivity contribution is -0.123. The summed E-state index contributed by atoms with van der Waals surface area (Å²) >= 11 is 5.90. The molecule has 1 amide bonds. The Morgan fingerprint density at radius 3 is 2.60 bits per heavy atom. The van der Waals surface area contributed by atoms with Gasteiger partial charge >= 0.3 is 0 Å². The van der Waals surface area contributed by atoms with Gasteiger partial charge in [-0.05, 0) is 55.3 Å². The topological polar surface area (TPSA) is 41.6 Å². The number of rotatable bonds is 7. The van der Waals surface area contributed by atoms with Crippen LogP contribution in [0, 0.1) is 0 Å². The van der Waals surface area contributed by atoms with Gasteiger partial charge in [-0.15, -0.1) is 0 Å². The summed E-state index contributed by atoms with van der Waals surface area (Å²) in [6.45, 7) is 3.77. The Morgan fingerprint density at radius 2 is 1.84 bits per heavy atom. The largest absolute Gasteiger partial charge is 0.484 e. The first kappa shape index (κ1) is 17.8. The quantitative estimate of drug-likeness (QED) is 0.821. The molecule has 0 unspecified atom stereocenters. The monoisotopic (exact) mass is 358 g/mol. The van der Waals surface area contributed by atoms with E-state index in [0.717, 1.165) is 25.2 Å².